The lowest BCUT2D eigenvalue weighted by Gasteiger charge is -2.16. The van der Waals surface area contributed by atoms with E-state index in [1.807, 2.05) is 0 Å². The van der Waals surface area contributed by atoms with Crippen LogP contribution < -0.4 is 5.32 Å². The molecule has 92 valence electrons. The van der Waals surface area contributed by atoms with Crippen LogP contribution in [0.5, 0.6) is 0 Å². The summed E-state index contributed by atoms with van der Waals surface area (Å²) >= 11 is 0. The van der Waals surface area contributed by atoms with Crippen LogP contribution in [0.4, 0.5) is 0 Å². The number of nitrogens with zero attached hydrogens (tertiary/aromatic N) is 1. The van der Waals surface area contributed by atoms with Gasteiger partial charge in [0.1, 0.15) is 12.2 Å². The van der Waals surface area contributed by atoms with Crippen LogP contribution in [-0.4, -0.2) is 49.2 Å². The van der Waals surface area contributed by atoms with Crippen molar-refractivity contribution in [3.8, 4) is 0 Å². The summed E-state index contributed by atoms with van der Waals surface area (Å²) < 4.78 is 11.0. The number of hydrogen-bond acceptors (Lipinski definition) is 6. The molecule has 0 saturated carbocycles. The maximum atomic E-state index is 10.3. The van der Waals surface area contributed by atoms with Gasteiger partial charge in [-0.15, -0.1) is 10.1 Å². The normalized spacial score (nSPS) is 37.3. The van der Waals surface area contributed by atoms with Gasteiger partial charge in [0, 0.05) is 0 Å². The highest BCUT2D eigenvalue weighted by atomic mass is 17.0. The van der Waals surface area contributed by atoms with Gasteiger partial charge in [0.15, 0.2) is 6.10 Å². The van der Waals surface area contributed by atoms with Crippen molar-refractivity contribution in [2.24, 2.45) is 0 Å². The number of fused-ring (bicyclic) bond motifs is 1. The zero-order chi connectivity index (χ0) is 11.5. The molecule has 0 amide bonds. The molecule has 2 fully saturated rings. The second-order valence-electron chi connectivity index (χ2n) is 4.02. The smallest absolute Gasteiger partial charge is 0.294 e. The third-order valence-electron chi connectivity index (χ3n) is 2.89. The predicted molar refractivity (Wildman–Crippen MR) is 53.4 cm³/mol. The van der Waals surface area contributed by atoms with Crippen molar-refractivity contribution in [2.75, 3.05) is 19.8 Å². The standard InChI is InChI=1S/C9H16N2O5/c1-2-3-10-6-4-14-9-7(16-11(12)13)5-15-8(6)9/h6-10H,2-5H2,1H3/t6-,7+,8+,9+/m0/s1. The molecule has 4 atom stereocenters. The molecule has 0 radical (unpaired) electrons. The highest BCUT2D eigenvalue weighted by Crippen LogP contribution is 2.28. The molecule has 0 aromatic rings. The molecule has 2 aliphatic heterocycles. The van der Waals surface area contributed by atoms with E-state index >= 15 is 0 Å². The van der Waals surface area contributed by atoms with Crippen LogP contribution in [0.25, 0.3) is 0 Å². The fourth-order valence-electron chi connectivity index (χ4n) is 2.17. The average molecular weight is 232 g/mol. The second-order valence-corrected chi connectivity index (χ2v) is 4.02. The third kappa shape index (κ3) is 2.26. The van der Waals surface area contributed by atoms with Crippen molar-refractivity contribution < 1.29 is 19.4 Å². The lowest BCUT2D eigenvalue weighted by atomic mass is 10.1. The van der Waals surface area contributed by atoms with Gasteiger partial charge < -0.3 is 19.6 Å². The van der Waals surface area contributed by atoms with Gasteiger partial charge in [-0.1, -0.05) is 6.92 Å². The van der Waals surface area contributed by atoms with E-state index in [2.05, 4.69) is 17.1 Å². The van der Waals surface area contributed by atoms with Gasteiger partial charge in [0.05, 0.1) is 19.3 Å². The predicted octanol–water partition coefficient (Wildman–Crippen LogP) is -0.271. The summed E-state index contributed by atoms with van der Waals surface area (Å²) in [6.45, 7) is 3.71. The van der Waals surface area contributed by atoms with Gasteiger partial charge in [-0.3, -0.25) is 0 Å². The van der Waals surface area contributed by atoms with E-state index in [0.29, 0.717) is 6.61 Å². The summed E-state index contributed by atoms with van der Waals surface area (Å²) in [5.41, 5.74) is 0. The van der Waals surface area contributed by atoms with Crippen LogP contribution >= 0.6 is 0 Å². The molecular weight excluding hydrogens is 216 g/mol. The molecule has 0 unspecified atom stereocenters. The van der Waals surface area contributed by atoms with Crippen LogP contribution in [0.1, 0.15) is 13.3 Å². The minimum absolute atomic E-state index is 0.116. The summed E-state index contributed by atoms with van der Waals surface area (Å²) in [6.07, 6.45) is -0.00686. The van der Waals surface area contributed by atoms with Gasteiger partial charge in [0.25, 0.3) is 5.09 Å². The van der Waals surface area contributed by atoms with Gasteiger partial charge in [-0.05, 0) is 13.0 Å². The highest BCUT2D eigenvalue weighted by molar-refractivity contribution is 4.97. The SMILES string of the molecule is CCCN[C@H]1CO[C@H]2[C@@H]1OC[C@H]2O[N+](=O)[O-]. The zero-order valence-electron chi connectivity index (χ0n) is 9.13. The van der Waals surface area contributed by atoms with Crippen molar-refractivity contribution in [3.63, 3.8) is 0 Å². The first-order valence-corrected chi connectivity index (χ1v) is 5.50. The highest BCUT2D eigenvalue weighted by Gasteiger charge is 2.49. The zero-order valence-corrected chi connectivity index (χ0v) is 9.13. The first kappa shape index (κ1) is 11.6. The monoisotopic (exact) mass is 232 g/mol. The molecule has 2 aliphatic rings. The van der Waals surface area contributed by atoms with Crippen molar-refractivity contribution >= 4 is 0 Å². The van der Waals surface area contributed by atoms with Crippen molar-refractivity contribution in [1.82, 2.24) is 5.32 Å². The van der Waals surface area contributed by atoms with Gasteiger partial charge in [-0.25, -0.2) is 0 Å². The van der Waals surface area contributed by atoms with Gasteiger partial charge in [-0.2, -0.15) is 0 Å². The second kappa shape index (κ2) is 4.94. The van der Waals surface area contributed by atoms with E-state index in [9.17, 15) is 10.1 Å². The van der Waals surface area contributed by atoms with Crippen LogP contribution in [0, 0.1) is 10.1 Å². The van der Waals surface area contributed by atoms with Crippen LogP contribution in [0.2, 0.25) is 0 Å². The molecule has 0 spiro atoms. The Bertz CT molecular complexity index is 262. The van der Waals surface area contributed by atoms with E-state index < -0.39 is 11.2 Å². The van der Waals surface area contributed by atoms with E-state index in [0.717, 1.165) is 13.0 Å². The molecule has 16 heavy (non-hydrogen) atoms. The largest absolute Gasteiger partial charge is 0.371 e. The molecule has 2 saturated heterocycles. The Labute approximate surface area is 93.1 Å². The molecule has 0 aromatic heterocycles. The first-order valence-electron chi connectivity index (χ1n) is 5.50. The fourth-order valence-corrected chi connectivity index (χ4v) is 2.17. The summed E-state index contributed by atoms with van der Waals surface area (Å²) in [5.74, 6) is 0. The molecule has 0 bridgehead atoms. The van der Waals surface area contributed by atoms with E-state index in [1.165, 1.54) is 0 Å². The quantitative estimate of drug-likeness (QED) is 0.519. The molecule has 0 aliphatic carbocycles. The topological polar surface area (TPSA) is 82.9 Å². The summed E-state index contributed by atoms with van der Waals surface area (Å²) in [7, 11) is 0. The van der Waals surface area contributed by atoms with E-state index in [1.54, 1.807) is 0 Å². The Kier molecular flexibility index (Phi) is 3.57. The van der Waals surface area contributed by atoms with Crippen molar-refractivity contribution in [2.45, 2.75) is 37.7 Å². The van der Waals surface area contributed by atoms with Crippen molar-refractivity contribution in [3.05, 3.63) is 10.1 Å². The minimum atomic E-state index is -0.785. The summed E-state index contributed by atoms with van der Waals surface area (Å²) in [4.78, 5) is 14.8. The van der Waals surface area contributed by atoms with E-state index in [-0.39, 0.29) is 24.9 Å². The Balaban J connectivity index is 1.87. The molecule has 7 nitrogen and oxygen atoms in total. The minimum Gasteiger partial charge on any atom is -0.371 e. The molecule has 0 aromatic carbocycles. The van der Waals surface area contributed by atoms with Crippen molar-refractivity contribution in [1.29, 1.82) is 0 Å². The number of nitrogens with one attached hydrogen (secondary N) is 1. The van der Waals surface area contributed by atoms with Crippen LogP contribution in [0.15, 0.2) is 0 Å². The molecule has 7 heteroatoms. The number of rotatable bonds is 5. The van der Waals surface area contributed by atoms with Crippen LogP contribution in [0.3, 0.4) is 0 Å². The molecular formula is C9H16N2O5. The molecule has 1 N–H and O–H groups in total. The number of hydrogen-bond donors (Lipinski definition) is 1. The Hall–Kier alpha value is -0.920. The molecule has 2 heterocycles. The Morgan fingerprint density at radius 3 is 2.88 bits per heavy atom. The third-order valence-corrected chi connectivity index (χ3v) is 2.89. The average Bonchev–Trinajstić information content (AvgIpc) is 2.78. The molecule has 2 rings (SSSR count). The Morgan fingerprint density at radius 2 is 2.19 bits per heavy atom. The van der Waals surface area contributed by atoms with Crippen LogP contribution in [-0.2, 0) is 14.3 Å². The first-order chi connectivity index (χ1) is 7.72. The number of ether oxygens (including phenoxy) is 2. The summed E-state index contributed by atoms with van der Waals surface area (Å²) in [6, 6.07) is 0.116. The van der Waals surface area contributed by atoms with E-state index in [4.69, 9.17) is 9.47 Å². The lowest BCUT2D eigenvalue weighted by molar-refractivity contribution is -0.769. The maximum absolute atomic E-state index is 10.3. The maximum Gasteiger partial charge on any atom is 0.294 e. The fraction of sp³-hybridized carbons (Fsp3) is 1.00. The van der Waals surface area contributed by atoms with Gasteiger partial charge in [0.2, 0.25) is 0 Å². The Morgan fingerprint density at radius 1 is 1.44 bits per heavy atom. The van der Waals surface area contributed by atoms with Gasteiger partial charge >= 0.3 is 0 Å². The lowest BCUT2D eigenvalue weighted by Crippen LogP contribution is -2.41. The summed E-state index contributed by atoms with van der Waals surface area (Å²) in [5, 5.41) is 12.8.